The van der Waals surface area contributed by atoms with Gasteiger partial charge in [0.2, 0.25) is 10.0 Å². The molecule has 5 rings (SSSR count). The fourth-order valence-electron chi connectivity index (χ4n) is 4.16. The van der Waals surface area contributed by atoms with Crippen LogP contribution in [-0.4, -0.2) is 48.3 Å². The molecule has 2 aromatic heterocycles. The minimum absolute atomic E-state index is 0.00905. The number of halogens is 2. The zero-order chi connectivity index (χ0) is 24.7. The Morgan fingerprint density at radius 1 is 1.14 bits per heavy atom. The highest BCUT2D eigenvalue weighted by Crippen LogP contribution is 2.37. The number of fused-ring (bicyclic) bond motifs is 3. The topological polar surface area (TPSA) is 118 Å². The number of alkyl halides is 2. The number of aliphatic hydroxyl groups excluding tert-OH is 1. The summed E-state index contributed by atoms with van der Waals surface area (Å²) in [5.74, 6) is 0.00905. The molecule has 3 heterocycles. The van der Waals surface area contributed by atoms with Crippen molar-refractivity contribution in [2.45, 2.75) is 23.7 Å². The summed E-state index contributed by atoms with van der Waals surface area (Å²) in [5, 5.41) is 18.4. The molecule has 0 aliphatic carbocycles. The number of β-amino-alcohol motifs (C(OH)–C–C–N with tert-alkyl or cyclic N) is 1. The number of aromatic nitrogens is 3. The van der Waals surface area contributed by atoms with Crippen molar-refractivity contribution in [3.05, 3.63) is 77.6 Å². The van der Waals surface area contributed by atoms with Gasteiger partial charge in [-0.2, -0.15) is 13.9 Å². The van der Waals surface area contributed by atoms with Crippen molar-refractivity contribution in [1.29, 1.82) is 0 Å². The van der Waals surface area contributed by atoms with Crippen molar-refractivity contribution in [2.24, 2.45) is 0 Å². The van der Waals surface area contributed by atoms with E-state index in [1.54, 1.807) is 47.0 Å². The van der Waals surface area contributed by atoms with E-state index in [0.717, 1.165) is 0 Å². The number of hydrogen-bond acceptors (Lipinski definition) is 7. The molecule has 0 spiro atoms. The molecule has 9 nitrogen and oxygen atoms in total. The van der Waals surface area contributed by atoms with Crippen LogP contribution in [0.25, 0.3) is 16.9 Å². The van der Waals surface area contributed by atoms with Crippen molar-refractivity contribution >= 4 is 15.7 Å². The van der Waals surface area contributed by atoms with Crippen molar-refractivity contribution in [1.82, 2.24) is 24.6 Å². The first-order valence-corrected chi connectivity index (χ1v) is 12.2. The fourth-order valence-corrected chi connectivity index (χ4v) is 4.89. The van der Waals surface area contributed by atoms with E-state index in [1.807, 2.05) is 0 Å². The highest BCUT2D eigenvalue weighted by molar-refractivity contribution is 7.89. The predicted molar refractivity (Wildman–Crippen MR) is 123 cm³/mol. The van der Waals surface area contributed by atoms with E-state index < -0.39 is 28.8 Å². The second-order valence-corrected chi connectivity index (χ2v) is 9.76. The molecule has 0 radical (unpaired) electrons. The van der Waals surface area contributed by atoms with Gasteiger partial charge >= 0.3 is 6.61 Å². The maximum absolute atomic E-state index is 13.0. The number of nitrogens with zero attached hydrogens (tertiary/aromatic N) is 3. The summed E-state index contributed by atoms with van der Waals surface area (Å²) in [7, 11) is -2.24. The molecule has 2 aromatic carbocycles. The molecule has 0 bridgehead atoms. The third-order valence-corrected chi connectivity index (χ3v) is 7.25. The summed E-state index contributed by atoms with van der Waals surface area (Å²) >= 11 is 0. The van der Waals surface area contributed by atoms with Gasteiger partial charge in [0.05, 0.1) is 28.0 Å². The maximum Gasteiger partial charge on any atom is 0.387 e. The molecule has 4 aromatic rings. The van der Waals surface area contributed by atoms with Gasteiger partial charge in [-0.25, -0.2) is 22.6 Å². The van der Waals surface area contributed by atoms with E-state index in [-0.39, 0.29) is 17.2 Å². The van der Waals surface area contributed by atoms with Crippen LogP contribution in [0, 0.1) is 0 Å². The Labute approximate surface area is 199 Å². The number of rotatable bonds is 6. The van der Waals surface area contributed by atoms with Gasteiger partial charge in [0.25, 0.3) is 0 Å². The lowest BCUT2D eigenvalue weighted by Crippen LogP contribution is -2.35. The summed E-state index contributed by atoms with van der Waals surface area (Å²) in [6.07, 6.45) is -0.916. The van der Waals surface area contributed by atoms with Crippen LogP contribution in [-0.2, 0) is 10.0 Å². The summed E-state index contributed by atoms with van der Waals surface area (Å²) < 4.78 is 58.7. The van der Waals surface area contributed by atoms with Gasteiger partial charge in [-0.3, -0.25) is 0 Å². The van der Waals surface area contributed by atoms with Gasteiger partial charge in [-0.15, -0.1) is 0 Å². The highest BCUT2D eigenvalue weighted by atomic mass is 32.2. The average Bonchev–Trinajstić information content (AvgIpc) is 3.24. The molecule has 1 aliphatic heterocycles. The molecule has 0 amide bonds. The molecule has 0 fully saturated rings. The first kappa shape index (κ1) is 23.3. The summed E-state index contributed by atoms with van der Waals surface area (Å²) in [4.78, 5) is 4.65. The number of benzene rings is 2. The van der Waals surface area contributed by atoms with Crippen LogP contribution in [0.4, 0.5) is 8.78 Å². The number of imidazole rings is 1. The summed E-state index contributed by atoms with van der Waals surface area (Å²) in [6.45, 7) is -2.83. The molecule has 0 saturated heterocycles. The minimum Gasteiger partial charge on any atom is -0.434 e. The lowest BCUT2D eigenvalue weighted by molar-refractivity contribution is -0.0507. The van der Waals surface area contributed by atoms with E-state index in [9.17, 15) is 22.3 Å². The molecular weight excluding hydrogens is 480 g/mol. The number of hydrogen-bond donors (Lipinski definition) is 3. The van der Waals surface area contributed by atoms with E-state index in [1.165, 1.54) is 25.2 Å². The third-order valence-electron chi connectivity index (χ3n) is 5.82. The second kappa shape index (κ2) is 8.96. The molecule has 182 valence electrons. The van der Waals surface area contributed by atoms with Gasteiger partial charge in [-0.05, 0) is 37.4 Å². The lowest BCUT2D eigenvalue weighted by Gasteiger charge is -2.28. The Kier molecular flexibility index (Phi) is 5.97. The smallest absolute Gasteiger partial charge is 0.387 e. The van der Waals surface area contributed by atoms with Crippen LogP contribution in [0.15, 0.2) is 65.6 Å². The zero-order valence-electron chi connectivity index (χ0n) is 18.4. The molecule has 12 heteroatoms. The van der Waals surface area contributed by atoms with E-state index in [4.69, 9.17) is 4.74 Å². The summed E-state index contributed by atoms with van der Waals surface area (Å²) in [6, 6.07) is 15.5. The third kappa shape index (κ3) is 4.25. The molecular formula is C23H21F2N5O4S. The SMILES string of the molecule is CNS(=O)(=O)c1ccc(-c2ccc3nc4c(n3n2)[C@@H](c2ccccc2OC(F)F)NC[C@@H]4O)cc1. The molecule has 0 saturated carbocycles. The van der Waals surface area contributed by atoms with Gasteiger partial charge < -0.3 is 15.2 Å². The Balaban J connectivity index is 1.62. The number of para-hydroxylation sites is 1. The average molecular weight is 502 g/mol. The van der Waals surface area contributed by atoms with Gasteiger partial charge in [0.1, 0.15) is 11.9 Å². The first-order valence-electron chi connectivity index (χ1n) is 10.7. The van der Waals surface area contributed by atoms with Gasteiger partial charge in [-0.1, -0.05) is 30.3 Å². The van der Waals surface area contributed by atoms with Crippen LogP contribution in [0.2, 0.25) is 0 Å². The highest BCUT2D eigenvalue weighted by Gasteiger charge is 2.34. The van der Waals surface area contributed by atoms with Crippen molar-refractivity contribution < 1.29 is 27.0 Å². The van der Waals surface area contributed by atoms with Crippen LogP contribution in [0.3, 0.4) is 0 Å². The van der Waals surface area contributed by atoms with Crippen LogP contribution in [0.5, 0.6) is 5.75 Å². The van der Waals surface area contributed by atoms with E-state index >= 15 is 0 Å². The zero-order valence-corrected chi connectivity index (χ0v) is 19.2. The van der Waals surface area contributed by atoms with Crippen molar-refractivity contribution in [3.8, 4) is 17.0 Å². The normalized spacial score (nSPS) is 18.1. The molecule has 3 N–H and O–H groups in total. The molecule has 1 aliphatic rings. The maximum atomic E-state index is 13.0. The summed E-state index contributed by atoms with van der Waals surface area (Å²) in [5.41, 5.74) is 3.00. The van der Waals surface area contributed by atoms with Gasteiger partial charge in [0, 0.05) is 17.7 Å². The van der Waals surface area contributed by atoms with E-state index in [2.05, 4.69) is 20.1 Å². The largest absolute Gasteiger partial charge is 0.434 e. The minimum atomic E-state index is -3.58. The van der Waals surface area contributed by atoms with Gasteiger partial charge in [0.15, 0.2) is 5.65 Å². The Hall–Kier alpha value is -3.45. The quantitative estimate of drug-likeness (QED) is 0.372. The number of nitrogens with one attached hydrogen (secondary N) is 2. The Bertz CT molecular complexity index is 1490. The standard InChI is InChI=1S/C23H21F2N5O4S/c1-26-35(32,33)14-8-6-13(7-9-14)16-10-11-19-28-21-17(31)12-27-20(22(21)30(19)29-16)15-4-2-3-5-18(15)34-23(24)25/h2-11,17,20,23,26-27,31H,12H2,1H3/t17-,20+/m0/s1. The molecule has 35 heavy (non-hydrogen) atoms. The van der Waals surface area contributed by atoms with Crippen molar-refractivity contribution in [2.75, 3.05) is 13.6 Å². The number of sulfonamides is 1. The fraction of sp³-hybridized carbons (Fsp3) is 0.217. The second-order valence-electron chi connectivity index (χ2n) is 7.88. The molecule has 2 atom stereocenters. The van der Waals surface area contributed by atoms with Crippen LogP contribution >= 0.6 is 0 Å². The lowest BCUT2D eigenvalue weighted by atomic mass is 9.96. The monoisotopic (exact) mass is 501 g/mol. The molecule has 0 unspecified atom stereocenters. The Morgan fingerprint density at radius 2 is 1.89 bits per heavy atom. The van der Waals surface area contributed by atoms with E-state index in [0.29, 0.717) is 33.9 Å². The first-order chi connectivity index (χ1) is 16.8. The predicted octanol–water partition coefficient (Wildman–Crippen LogP) is 2.63. The van der Waals surface area contributed by atoms with Crippen molar-refractivity contribution in [3.63, 3.8) is 0 Å². The van der Waals surface area contributed by atoms with Crippen LogP contribution < -0.4 is 14.8 Å². The van der Waals surface area contributed by atoms with Crippen LogP contribution in [0.1, 0.15) is 29.1 Å². The number of ether oxygens (including phenoxy) is 1. The Morgan fingerprint density at radius 3 is 2.60 bits per heavy atom. The number of aliphatic hydroxyl groups is 1.